The molecule has 2 aliphatic rings. The Morgan fingerprint density at radius 1 is 1.16 bits per heavy atom. The van der Waals surface area contributed by atoms with Crippen molar-refractivity contribution in [2.24, 2.45) is 11.8 Å². The summed E-state index contributed by atoms with van der Waals surface area (Å²) < 4.78 is 0. The maximum Gasteiger partial charge on any atom is 0.317 e. The maximum atomic E-state index is 12.3. The first-order chi connectivity index (χ1) is 8.85. The molecule has 0 aromatic carbocycles. The third-order valence-electron chi connectivity index (χ3n) is 3.68. The monoisotopic (exact) mass is 268 g/mol. The molecular weight excluding hydrogens is 244 g/mol. The summed E-state index contributed by atoms with van der Waals surface area (Å²) >= 11 is 0. The van der Waals surface area contributed by atoms with Crippen LogP contribution in [0.3, 0.4) is 0 Å². The summed E-state index contributed by atoms with van der Waals surface area (Å²) in [4.78, 5) is 25.0. The molecule has 0 aliphatic heterocycles. The maximum absolute atomic E-state index is 12.3. The van der Waals surface area contributed by atoms with Crippen molar-refractivity contribution >= 4 is 12.0 Å². The third kappa shape index (κ3) is 5.09. The Bertz CT molecular complexity index is 346. The smallest absolute Gasteiger partial charge is 0.317 e. The number of carboxylic acids is 1. The number of carbonyl (C=O) groups is 2. The van der Waals surface area contributed by atoms with E-state index in [0.717, 1.165) is 13.1 Å². The van der Waals surface area contributed by atoms with Crippen LogP contribution in [0.5, 0.6) is 0 Å². The van der Waals surface area contributed by atoms with Gasteiger partial charge in [-0.1, -0.05) is 0 Å². The summed E-state index contributed by atoms with van der Waals surface area (Å²) in [6, 6.07) is -0.106. The molecule has 2 N–H and O–H groups in total. The summed E-state index contributed by atoms with van der Waals surface area (Å²) in [6.07, 6.45) is 4.80. The average molecular weight is 268 g/mol. The quantitative estimate of drug-likeness (QED) is 0.742. The summed E-state index contributed by atoms with van der Waals surface area (Å²) in [5, 5.41) is 11.7. The van der Waals surface area contributed by atoms with Crippen LogP contribution < -0.4 is 5.32 Å². The third-order valence-corrected chi connectivity index (χ3v) is 3.68. The number of rotatable bonds is 7. The molecule has 0 heterocycles. The standard InChI is InChI=1S/C14H24N2O3/c1-14(2,7-12(17)18)15-13(19)16(8-10-3-4-10)9-11-5-6-11/h10-11H,3-9H2,1-2H3,(H,15,19)(H,17,18). The van der Waals surface area contributed by atoms with Gasteiger partial charge in [-0.2, -0.15) is 0 Å². The molecule has 2 amide bonds. The van der Waals surface area contributed by atoms with Crippen molar-refractivity contribution < 1.29 is 14.7 Å². The van der Waals surface area contributed by atoms with E-state index in [4.69, 9.17) is 5.11 Å². The van der Waals surface area contributed by atoms with E-state index in [2.05, 4.69) is 5.32 Å². The second kappa shape index (κ2) is 5.39. The zero-order valence-corrected chi connectivity index (χ0v) is 11.8. The first-order valence-electron chi connectivity index (χ1n) is 7.14. The Hall–Kier alpha value is -1.26. The molecule has 0 aromatic rings. The van der Waals surface area contributed by atoms with Crippen molar-refractivity contribution in [3.8, 4) is 0 Å². The number of carbonyl (C=O) groups excluding carboxylic acids is 1. The van der Waals surface area contributed by atoms with E-state index in [0.29, 0.717) is 11.8 Å². The van der Waals surface area contributed by atoms with E-state index in [9.17, 15) is 9.59 Å². The highest BCUT2D eigenvalue weighted by Crippen LogP contribution is 2.33. The van der Waals surface area contributed by atoms with Gasteiger partial charge in [0.25, 0.3) is 0 Å². The number of nitrogens with one attached hydrogen (secondary N) is 1. The van der Waals surface area contributed by atoms with Crippen LogP contribution in [0, 0.1) is 11.8 Å². The van der Waals surface area contributed by atoms with Crippen LogP contribution in [0.4, 0.5) is 4.79 Å². The van der Waals surface area contributed by atoms with Gasteiger partial charge in [-0.25, -0.2) is 4.79 Å². The van der Waals surface area contributed by atoms with Crippen molar-refractivity contribution in [1.82, 2.24) is 10.2 Å². The van der Waals surface area contributed by atoms with Gasteiger partial charge < -0.3 is 15.3 Å². The molecule has 0 radical (unpaired) electrons. The molecule has 0 spiro atoms. The zero-order valence-electron chi connectivity index (χ0n) is 11.8. The van der Waals surface area contributed by atoms with Gasteiger partial charge in [0, 0.05) is 18.6 Å². The Balaban J connectivity index is 1.87. The van der Waals surface area contributed by atoms with Gasteiger partial charge >= 0.3 is 12.0 Å². The number of urea groups is 1. The molecule has 2 saturated carbocycles. The lowest BCUT2D eigenvalue weighted by molar-refractivity contribution is -0.138. The minimum Gasteiger partial charge on any atom is -0.481 e. The van der Waals surface area contributed by atoms with E-state index >= 15 is 0 Å². The Kier molecular flexibility index (Phi) is 4.02. The summed E-state index contributed by atoms with van der Waals surface area (Å²) in [7, 11) is 0. The topological polar surface area (TPSA) is 69.6 Å². The van der Waals surface area contributed by atoms with Crippen LogP contribution in [0.2, 0.25) is 0 Å². The van der Waals surface area contributed by atoms with E-state index in [1.165, 1.54) is 25.7 Å². The van der Waals surface area contributed by atoms with Gasteiger partial charge in [0.1, 0.15) is 0 Å². The van der Waals surface area contributed by atoms with Gasteiger partial charge in [0.2, 0.25) is 0 Å². The number of carboxylic acid groups (broad SMARTS) is 1. The molecule has 5 heteroatoms. The first-order valence-corrected chi connectivity index (χ1v) is 7.14. The second-order valence-corrected chi connectivity index (χ2v) is 6.68. The number of nitrogens with zero attached hydrogens (tertiary/aromatic N) is 1. The Morgan fingerprint density at radius 3 is 2.00 bits per heavy atom. The van der Waals surface area contributed by atoms with Gasteiger partial charge in [0.05, 0.1) is 6.42 Å². The van der Waals surface area contributed by atoms with Gasteiger partial charge in [0.15, 0.2) is 0 Å². The summed E-state index contributed by atoms with van der Waals surface area (Å²) in [6.45, 7) is 5.16. The largest absolute Gasteiger partial charge is 0.481 e. The molecule has 2 rings (SSSR count). The highest BCUT2D eigenvalue weighted by Gasteiger charge is 2.33. The molecule has 108 valence electrons. The van der Waals surface area contributed by atoms with Crippen molar-refractivity contribution in [2.75, 3.05) is 13.1 Å². The Morgan fingerprint density at radius 2 is 1.63 bits per heavy atom. The highest BCUT2D eigenvalue weighted by molar-refractivity contribution is 5.76. The van der Waals surface area contributed by atoms with E-state index in [1.54, 1.807) is 13.8 Å². The lowest BCUT2D eigenvalue weighted by atomic mass is 10.0. The molecule has 2 fully saturated rings. The highest BCUT2D eigenvalue weighted by atomic mass is 16.4. The molecule has 2 aliphatic carbocycles. The van der Waals surface area contributed by atoms with E-state index in [1.807, 2.05) is 4.90 Å². The van der Waals surface area contributed by atoms with Crippen LogP contribution in [0.25, 0.3) is 0 Å². The second-order valence-electron chi connectivity index (χ2n) is 6.68. The molecule has 5 nitrogen and oxygen atoms in total. The minimum atomic E-state index is -0.888. The first kappa shape index (κ1) is 14.2. The van der Waals surface area contributed by atoms with Crippen molar-refractivity contribution in [1.29, 1.82) is 0 Å². The molecule has 0 unspecified atom stereocenters. The van der Waals surface area contributed by atoms with Crippen LogP contribution in [0.15, 0.2) is 0 Å². The fourth-order valence-corrected chi connectivity index (χ4v) is 2.26. The number of aliphatic carboxylic acids is 1. The van der Waals surface area contributed by atoms with Gasteiger partial charge in [-0.05, 0) is 51.4 Å². The lowest BCUT2D eigenvalue weighted by Gasteiger charge is -2.30. The molecule has 0 aromatic heterocycles. The van der Waals surface area contributed by atoms with E-state index in [-0.39, 0.29) is 12.5 Å². The number of hydrogen-bond acceptors (Lipinski definition) is 2. The average Bonchev–Trinajstić information content (AvgIpc) is 3.07. The summed E-state index contributed by atoms with van der Waals surface area (Å²) in [5.41, 5.74) is -0.700. The Labute approximate surface area is 114 Å². The van der Waals surface area contributed by atoms with E-state index < -0.39 is 11.5 Å². The molecular formula is C14H24N2O3. The minimum absolute atomic E-state index is 0.0561. The fraction of sp³-hybridized carbons (Fsp3) is 0.857. The lowest BCUT2D eigenvalue weighted by Crippen LogP contribution is -2.51. The van der Waals surface area contributed by atoms with Crippen LogP contribution in [-0.4, -0.2) is 40.6 Å². The SMILES string of the molecule is CC(C)(CC(=O)O)NC(=O)N(CC1CC1)CC1CC1. The van der Waals surface area contributed by atoms with Crippen molar-refractivity contribution in [3.63, 3.8) is 0 Å². The number of amides is 2. The molecule has 0 saturated heterocycles. The molecule has 0 bridgehead atoms. The van der Waals surface area contributed by atoms with Gasteiger partial charge in [-0.15, -0.1) is 0 Å². The van der Waals surface area contributed by atoms with Crippen LogP contribution in [-0.2, 0) is 4.79 Å². The van der Waals surface area contributed by atoms with Crippen LogP contribution >= 0.6 is 0 Å². The molecule has 0 atom stereocenters. The van der Waals surface area contributed by atoms with Crippen LogP contribution in [0.1, 0.15) is 46.0 Å². The fourth-order valence-electron chi connectivity index (χ4n) is 2.26. The molecule has 19 heavy (non-hydrogen) atoms. The zero-order chi connectivity index (χ0) is 14.0. The predicted octanol–water partition coefficient (Wildman–Crippen LogP) is 2.07. The normalized spacial score (nSPS) is 19.1. The predicted molar refractivity (Wildman–Crippen MR) is 71.9 cm³/mol. The van der Waals surface area contributed by atoms with Gasteiger partial charge in [-0.3, -0.25) is 4.79 Å². The number of hydrogen-bond donors (Lipinski definition) is 2. The van der Waals surface area contributed by atoms with Crippen molar-refractivity contribution in [3.05, 3.63) is 0 Å². The van der Waals surface area contributed by atoms with Crippen molar-refractivity contribution in [2.45, 2.75) is 51.5 Å². The summed E-state index contributed by atoms with van der Waals surface area (Å²) in [5.74, 6) is 0.431.